The van der Waals surface area contributed by atoms with E-state index in [-0.39, 0.29) is 12.4 Å². The zero-order chi connectivity index (χ0) is 26.0. The van der Waals surface area contributed by atoms with Crippen molar-refractivity contribution >= 4 is 28.1 Å². The first kappa shape index (κ1) is 25.9. The molecule has 1 amide bonds. The molecule has 188 valence electrons. The van der Waals surface area contributed by atoms with Crippen molar-refractivity contribution < 1.29 is 23.4 Å². The summed E-state index contributed by atoms with van der Waals surface area (Å²) >= 11 is 3.47. The third kappa shape index (κ3) is 7.41. The van der Waals surface area contributed by atoms with Crippen LogP contribution in [0.5, 0.6) is 17.2 Å². The van der Waals surface area contributed by atoms with E-state index in [0.29, 0.717) is 33.9 Å². The number of nitrogens with one attached hydrogen (secondary N) is 1. The number of carbonyl (C=O) groups is 1. The van der Waals surface area contributed by atoms with E-state index in [1.165, 1.54) is 25.5 Å². The summed E-state index contributed by atoms with van der Waals surface area (Å²) in [6.07, 6.45) is 1.52. The maximum absolute atomic E-state index is 13.3. The minimum Gasteiger partial charge on any atom is -0.493 e. The molecule has 0 bridgehead atoms. The summed E-state index contributed by atoms with van der Waals surface area (Å²) in [5.74, 6) is 0.895. The summed E-state index contributed by atoms with van der Waals surface area (Å²) in [6.45, 7) is 0.622. The summed E-state index contributed by atoms with van der Waals surface area (Å²) in [5, 5.41) is 4.05. The average Bonchev–Trinajstić information content (AvgIpc) is 2.92. The van der Waals surface area contributed by atoms with Crippen LogP contribution in [-0.4, -0.2) is 19.2 Å². The zero-order valence-electron chi connectivity index (χ0n) is 20.0. The fraction of sp³-hybridized carbons (Fsp3) is 0.103. The van der Waals surface area contributed by atoms with Crippen LogP contribution in [0.4, 0.5) is 4.39 Å². The Balaban J connectivity index is 1.33. The quantitative estimate of drug-likeness (QED) is 0.176. The predicted octanol–water partition coefficient (Wildman–Crippen LogP) is 6.52. The maximum Gasteiger partial charge on any atom is 0.271 e. The van der Waals surface area contributed by atoms with Gasteiger partial charge in [0.1, 0.15) is 24.8 Å². The monoisotopic (exact) mass is 562 g/mol. The van der Waals surface area contributed by atoms with Crippen LogP contribution in [-0.2, 0) is 13.2 Å². The molecule has 0 aliphatic carbocycles. The average molecular weight is 563 g/mol. The molecule has 0 aromatic heterocycles. The summed E-state index contributed by atoms with van der Waals surface area (Å²) < 4.78 is 31.0. The molecular weight excluding hydrogens is 539 g/mol. The van der Waals surface area contributed by atoms with Gasteiger partial charge in [-0.1, -0.05) is 42.5 Å². The minimum absolute atomic E-state index is 0.236. The molecule has 4 rings (SSSR count). The Morgan fingerprint density at radius 3 is 2.35 bits per heavy atom. The highest BCUT2D eigenvalue weighted by Crippen LogP contribution is 2.29. The lowest BCUT2D eigenvalue weighted by Crippen LogP contribution is -2.17. The van der Waals surface area contributed by atoms with Gasteiger partial charge in [-0.2, -0.15) is 5.10 Å². The number of ether oxygens (including phenoxy) is 3. The van der Waals surface area contributed by atoms with Crippen molar-refractivity contribution in [2.45, 2.75) is 13.2 Å². The third-order valence-electron chi connectivity index (χ3n) is 5.28. The molecule has 0 saturated carbocycles. The normalized spacial score (nSPS) is 10.8. The number of methoxy groups -OCH3 is 1. The molecule has 0 unspecified atom stereocenters. The Kier molecular flexibility index (Phi) is 8.89. The van der Waals surface area contributed by atoms with Gasteiger partial charge in [0, 0.05) is 5.56 Å². The Bertz CT molecular complexity index is 1400. The summed E-state index contributed by atoms with van der Waals surface area (Å²) in [7, 11) is 1.52. The number of hydrogen-bond acceptors (Lipinski definition) is 5. The van der Waals surface area contributed by atoms with Gasteiger partial charge in [0.05, 0.1) is 17.8 Å². The van der Waals surface area contributed by atoms with Gasteiger partial charge in [-0.15, -0.1) is 0 Å². The highest BCUT2D eigenvalue weighted by Gasteiger charge is 2.11. The second-order valence-electron chi connectivity index (χ2n) is 7.95. The second kappa shape index (κ2) is 12.7. The van der Waals surface area contributed by atoms with Crippen LogP contribution in [0.15, 0.2) is 101 Å². The number of rotatable bonds is 10. The van der Waals surface area contributed by atoms with E-state index in [2.05, 4.69) is 26.5 Å². The molecule has 6 nitrogen and oxygen atoms in total. The SMILES string of the molecule is COc1cc(C(=O)N/N=C/c2ccc(OCc3cccc(F)c3)c(Br)c2)ccc1OCc1ccccc1. The van der Waals surface area contributed by atoms with Crippen molar-refractivity contribution in [3.05, 3.63) is 124 Å². The molecule has 0 atom stereocenters. The maximum atomic E-state index is 13.3. The molecule has 0 aliphatic heterocycles. The molecule has 0 heterocycles. The highest BCUT2D eigenvalue weighted by molar-refractivity contribution is 9.10. The zero-order valence-corrected chi connectivity index (χ0v) is 21.6. The first-order chi connectivity index (χ1) is 18.0. The summed E-state index contributed by atoms with van der Waals surface area (Å²) in [6, 6.07) is 26.3. The molecule has 0 fully saturated rings. The molecule has 0 radical (unpaired) electrons. The molecule has 4 aromatic rings. The van der Waals surface area contributed by atoms with E-state index < -0.39 is 5.91 Å². The number of hydrogen-bond donors (Lipinski definition) is 1. The number of hydrazone groups is 1. The van der Waals surface area contributed by atoms with Crippen molar-refractivity contribution in [2.24, 2.45) is 5.10 Å². The molecule has 0 saturated heterocycles. The second-order valence-corrected chi connectivity index (χ2v) is 8.80. The van der Waals surface area contributed by atoms with Gasteiger partial charge in [0.25, 0.3) is 5.91 Å². The van der Waals surface area contributed by atoms with Crippen LogP contribution in [0, 0.1) is 5.82 Å². The van der Waals surface area contributed by atoms with Gasteiger partial charge >= 0.3 is 0 Å². The van der Waals surface area contributed by atoms with Gasteiger partial charge in [0.15, 0.2) is 11.5 Å². The highest BCUT2D eigenvalue weighted by atomic mass is 79.9. The molecule has 0 spiro atoms. The lowest BCUT2D eigenvalue weighted by Gasteiger charge is -2.12. The number of benzene rings is 4. The predicted molar refractivity (Wildman–Crippen MR) is 144 cm³/mol. The first-order valence-corrected chi connectivity index (χ1v) is 12.2. The van der Waals surface area contributed by atoms with Crippen LogP contribution in [0.2, 0.25) is 0 Å². The Morgan fingerprint density at radius 2 is 1.59 bits per heavy atom. The molecule has 0 aliphatic rings. The van der Waals surface area contributed by atoms with Gasteiger partial charge in [-0.3, -0.25) is 4.79 Å². The van der Waals surface area contributed by atoms with E-state index in [9.17, 15) is 9.18 Å². The lowest BCUT2D eigenvalue weighted by atomic mass is 10.2. The van der Waals surface area contributed by atoms with Crippen LogP contribution >= 0.6 is 15.9 Å². The molecule has 1 N–H and O–H groups in total. The van der Waals surface area contributed by atoms with E-state index >= 15 is 0 Å². The van der Waals surface area contributed by atoms with Gasteiger partial charge in [-0.25, -0.2) is 9.82 Å². The van der Waals surface area contributed by atoms with Gasteiger partial charge < -0.3 is 14.2 Å². The molecule has 37 heavy (non-hydrogen) atoms. The minimum atomic E-state index is -0.390. The van der Waals surface area contributed by atoms with Crippen LogP contribution in [0.3, 0.4) is 0 Å². The van der Waals surface area contributed by atoms with Crippen molar-refractivity contribution in [3.8, 4) is 17.2 Å². The molecular formula is C29H24BrFN2O4. The van der Waals surface area contributed by atoms with Gasteiger partial charge in [0.2, 0.25) is 0 Å². The van der Waals surface area contributed by atoms with Crippen molar-refractivity contribution in [3.63, 3.8) is 0 Å². The van der Waals surface area contributed by atoms with Crippen molar-refractivity contribution in [1.29, 1.82) is 0 Å². The van der Waals surface area contributed by atoms with Crippen molar-refractivity contribution in [1.82, 2.24) is 5.43 Å². The first-order valence-electron chi connectivity index (χ1n) is 11.4. The van der Waals surface area contributed by atoms with Crippen LogP contribution in [0.25, 0.3) is 0 Å². The van der Waals surface area contributed by atoms with E-state index in [1.54, 1.807) is 48.5 Å². The van der Waals surface area contributed by atoms with Crippen molar-refractivity contribution in [2.75, 3.05) is 7.11 Å². The standard InChI is InChI=1S/C29H24BrFN2O4/c1-35-28-16-23(11-13-27(28)37-18-20-6-3-2-4-7-20)29(34)33-32-17-21-10-12-26(25(30)15-21)36-19-22-8-5-9-24(31)14-22/h2-17H,18-19H2,1H3,(H,33,34)/b32-17+. The molecule has 4 aromatic carbocycles. The van der Waals surface area contributed by atoms with E-state index in [1.807, 2.05) is 30.3 Å². The topological polar surface area (TPSA) is 69.2 Å². The van der Waals surface area contributed by atoms with Crippen LogP contribution < -0.4 is 19.6 Å². The third-order valence-corrected chi connectivity index (χ3v) is 5.90. The summed E-state index contributed by atoms with van der Waals surface area (Å²) in [5.41, 5.74) is 5.39. The lowest BCUT2D eigenvalue weighted by molar-refractivity contribution is 0.0954. The number of carbonyl (C=O) groups excluding carboxylic acids is 1. The molecule has 8 heteroatoms. The smallest absolute Gasteiger partial charge is 0.271 e. The largest absolute Gasteiger partial charge is 0.493 e. The number of amides is 1. The Morgan fingerprint density at radius 1 is 0.865 bits per heavy atom. The summed E-state index contributed by atoms with van der Waals surface area (Å²) in [4.78, 5) is 12.6. The number of nitrogens with zero attached hydrogens (tertiary/aromatic N) is 1. The fourth-order valence-electron chi connectivity index (χ4n) is 3.40. The van der Waals surface area contributed by atoms with E-state index in [4.69, 9.17) is 14.2 Å². The van der Waals surface area contributed by atoms with E-state index in [0.717, 1.165) is 16.7 Å². The van der Waals surface area contributed by atoms with Crippen LogP contribution in [0.1, 0.15) is 27.0 Å². The Labute approximate surface area is 222 Å². The number of halogens is 2. The Hall–Kier alpha value is -4.17. The fourth-order valence-corrected chi connectivity index (χ4v) is 3.91. The van der Waals surface area contributed by atoms with Gasteiger partial charge in [-0.05, 0) is 81.2 Å².